The van der Waals surface area contributed by atoms with Gasteiger partial charge in [-0.15, -0.1) is 0 Å². The van der Waals surface area contributed by atoms with Crippen LogP contribution in [-0.2, 0) is 9.59 Å². The quantitative estimate of drug-likeness (QED) is 0.269. The Balaban J connectivity index is -0.000000405. The second-order valence-corrected chi connectivity index (χ2v) is 1.65. The van der Waals surface area contributed by atoms with Gasteiger partial charge in [-0.25, -0.2) is 5.01 Å². The molecule has 0 spiro atoms. The van der Waals surface area contributed by atoms with E-state index in [1.54, 1.807) is 0 Å². The molecule has 6 nitrogen and oxygen atoms in total. The molecule has 12 heavy (non-hydrogen) atoms. The largest absolute Gasteiger partial charge is 1.00 e. The smallest absolute Gasteiger partial charge is 0.549 e. The van der Waals surface area contributed by atoms with E-state index in [1.165, 1.54) is 0 Å². The third kappa shape index (κ3) is 13.4. The van der Waals surface area contributed by atoms with Gasteiger partial charge in [-0.05, 0) is 0 Å². The molecule has 0 radical (unpaired) electrons. The van der Waals surface area contributed by atoms with Gasteiger partial charge in [-0.1, -0.05) is 0 Å². The van der Waals surface area contributed by atoms with Gasteiger partial charge in [-0.2, -0.15) is 0 Å². The van der Waals surface area contributed by atoms with Crippen molar-refractivity contribution in [3.8, 4) is 0 Å². The van der Waals surface area contributed by atoms with E-state index in [0.29, 0.717) is 5.01 Å². The number of hydrazine groups is 1. The normalized spacial score (nSPS) is 8.17. The zero-order valence-electron chi connectivity index (χ0n) is 7.07. The number of nitrogens with zero attached hydrogens (tertiary/aromatic N) is 1. The molecule has 0 aromatic heterocycles. The third-order valence-corrected chi connectivity index (χ3v) is 0.664. The van der Waals surface area contributed by atoms with Gasteiger partial charge in [-0.3, -0.25) is 5.84 Å². The van der Waals surface area contributed by atoms with Gasteiger partial charge in [0, 0.05) is 0 Å². The molecule has 0 heterocycles. The molecule has 0 aromatic rings. The molecule has 0 rings (SSSR count). The Morgan fingerprint density at radius 3 is 1.50 bits per heavy atom. The van der Waals surface area contributed by atoms with Gasteiger partial charge in [0.1, 0.15) is 0 Å². The molecule has 0 aliphatic carbocycles. The standard InChI is InChI=1S/C4H8N2O4.2Na/c5-6(1-3(7)8)2-4(9)10;;/h1-2,5H2,(H,7,8)(H,9,10);;/q;2*+1/p-2. The fourth-order valence-electron chi connectivity index (χ4n) is 0.388. The van der Waals surface area contributed by atoms with Crippen molar-refractivity contribution in [3.63, 3.8) is 0 Å². The molecular weight excluding hydrogens is 186 g/mol. The summed E-state index contributed by atoms with van der Waals surface area (Å²) in [5.41, 5.74) is 0. The van der Waals surface area contributed by atoms with Crippen molar-refractivity contribution in [1.29, 1.82) is 0 Å². The van der Waals surface area contributed by atoms with Crippen molar-refractivity contribution >= 4 is 11.9 Å². The number of hydrogen-bond acceptors (Lipinski definition) is 6. The summed E-state index contributed by atoms with van der Waals surface area (Å²) >= 11 is 0. The Morgan fingerprint density at radius 2 is 1.33 bits per heavy atom. The summed E-state index contributed by atoms with van der Waals surface area (Å²) in [5, 5.41) is 20.1. The maximum atomic E-state index is 9.75. The molecule has 0 aromatic carbocycles. The van der Waals surface area contributed by atoms with Crippen LogP contribution in [0.4, 0.5) is 0 Å². The Bertz CT molecular complexity index is 138. The minimum Gasteiger partial charge on any atom is -0.549 e. The van der Waals surface area contributed by atoms with E-state index < -0.39 is 25.0 Å². The first kappa shape index (κ1) is 18.6. The Kier molecular flexibility index (Phi) is 15.4. The first-order valence-corrected chi connectivity index (χ1v) is 2.41. The topological polar surface area (TPSA) is 110 Å². The molecule has 0 fully saturated rings. The van der Waals surface area contributed by atoms with Gasteiger partial charge in [0.2, 0.25) is 0 Å². The van der Waals surface area contributed by atoms with Crippen LogP contribution in [0, 0.1) is 0 Å². The second kappa shape index (κ2) is 9.94. The molecule has 0 saturated carbocycles. The molecule has 0 bridgehead atoms. The van der Waals surface area contributed by atoms with Crippen molar-refractivity contribution < 1.29 is 78.9 Å². The molecule has 0 atom stereocenters. The Morgan fingerprint density at radius 1 is 1.08 bits per heavy atom. The maximum Gasteiger partial charge on any atom is 1.00 e. The summed E-state index contributed by atoms with van der Waals surface area (Å²) < 4.78 is 0. The fraction of sp³-hybridized carbons (Fsp3) is 0.500. The number of nitrogens with two attached hydrogens (primary N) is 1. The van der Waals surface area contributed by atoms with E-state index in [4.69, 9.17) is 5.84 Å². The van der Waals surface area contributed by atoms with E-state index in [2.05, 4.69) is 0 Å². The molecule has 0 unspecified atom stereocenters. The van der Waals surface area contributed by atoms with Crippen LogP contribution in [0.2, 0.25) is 0 Å². The van der Waals surface area contributed by atoms with Gasteiger partial charge >= 0.3 is 59.1 Å². The van der Waals surface area contributed by atoms with Crippen LogP contribution in [0.5, 0.6) is 0 Å². The first-order valence-electron chi connectivity index (χ1n) is 2.41. The third-order valence-electron chi connectivity index (χ3n) is 0.664. The van der Waals surface area contributed by atoms with Crippen LogP contribution in [0.15, 0.2) is 0 Å². The van der Waals surface area contributed by atoms with Crippen molar-refractivity contribution in [2.24, 2.45) is 5.84 Å². The van der Waals surface area contributed by atoms with E-state index >= 15 is 0 Å². The molecule has 0 aliphatic heterocycles. The van der Waals surface area contributed by atoms with Crippen molar-refractivity contribution in [2.75, 3.05) is 13.1 Å². The molecule has 0 saturated heterocycles. The minimum absolute atomic E-state index is 0. The Hall–Kier alpha value is 0.860. The molecule has 2 N–H and O–H groups in total. The summed E-state index contributed by atoms with van der Waals surface area (Å²) in [5.74, 6) is 2.01. The number of aliphatic carboxylic acids is 2. The van der Waals surface area contributed by atoms with Crippen LogP contribution in [-0.4, -0.2) is 30.0 Å². The van der Waals surface area contributed by atoms with E-state index in [-0.39, 0.29) is 59.1 Å². The van der Waals surface area contributed by atoms with Gasteiger partial charge < -0.3 is 19.8 Å². The van der Waals surface area contributed by atoms with Gasteiger partial charge in [0.05, 0.1) is 25.0 Å². The van der Waals surface area contributed by atoms with E-state index in [1.807, 2.05) is 0 Å². The van der Waals surface area contributed by atoms with Crippen LogP contribution in [0.3, 0.4) is 0 Å². The van der Waals surface area contributed by atoms with Crippen molar-refractivity contribution in [1.82, 2.24) is 5.01 Å². The van der Waals surface area contributed by atoms with Gasteiger partial charge in [0.25, 0.3) is 0 Å². The zero-order chi connectivity index (χ0) is 8.15. The predicted octanol–water partition coefficient (Wildman–Crippen LogP) is -10.3. The number of carboxylic acids is 2. The number of hydrogen-bond donors (Lipinski definition) is 1. The minimum atomic E-state index is -1.43. The molecular formula is C4H6N2Na2O4. The number of carbonyl (C=O) groups excluding carboxylic acids is 2. The van der Waals surface area contributed by atoms with Crippen LogP contribution in [0.1, 0.15) is 0 Å². The second-order valence-electron chi connectivity index (χ2n) is 1.65. The average Bonchev–Trinajstić information content (AvgIpc) is 1.58. The van der Waals surface area contributed by atoms with Crippen molar-refractivity contribution in [3.05, 3.63) is 0 Å². The number of carbonyl (C=O) groups is 2. The average molecular weight is 192 g/mol. The summed E-state index contributed by atoms with van der Waals surface area (Å²) in [6.07, 6.45) is 0. The van der Waals surface area contributed by atoms with Crippen LogP contribution in [0.25, 0.3) is 0 Å². The molecule has 0 amide bonds. The summed E-state index contributed by atoms with van der Waals surface area (Å²) in [7, 11) is 0. The molecule has 58 valence electrons. The van der Waals surface area contributed by atoms with E-state index in [0.717, 1.165) is 0 Å². The van der Waals surface area contributed by atoms with Crippen LogP contribution < -0.4 is 75.2 Å². The first-order chi connectivity index (χ1) is 4.52. The monoisotopic (exact) mass is 192 g/mol. The molecule has 8 heteroatoms. The fourth-order valence-corrected chi connectivity index (χ4v) is 0.388. The summed E-state index contributed by atoms with van der Waals surface area (Å²) in [6.45, 7) is -1.23. The van der Waals surface area contributed by atoms with E-state index in [9.17, 15) is 19.8 Å². The maximum absolute atomic E-state index is 9.75. The summed E-state index contributed by atoms with van der Waals surface area (Å²) in [6, 6.07) is 0. The Labute approximate surface area is 114 Å². The number of carboxylic acid groups (broad SMARTS) is 2. The van der Waals surface area contributed by atoms with Gasteiger partial charge in [0.15, 0.2) is 0 Å². The zero-order valence-corrected chi connectivity index (χ0v) is 11.1. The van der Waals surface area contributed by atoms with Crippen molar-refractivity contribution in [2.45, 2.75) is 0 Å². The van der Waals surface area contributed by atoms with Crippen LogP contribution >= 0.6 is 0 Å². The predicted molar refractivity (Wildman–Crippen MR) is 25.8 cm³/mol. The SMILES string of the molecule is NN(CC(=O)[O-])CC(=O)[O-].[Na+].[Na+]. The summed E-state index contributed by atoms with van der Waals surface area (Å²) in [4.78, 5) is 19.5. The molecule has 0 aliphatic rings. The number of rotatable bonds is 4.